The second-order valence-electron chi connectivity index (χ2n) is 4.63. The molecule has 0 saturated carbocycles. The Labute approximate surface area is 112 Å². The summed E-state index contributed by atoms with van der Waals surface area (Å²) >= 11 is 0. The van der Waals surface area contributed by atoms with Crippen molar-refractivity contribution in [2.24, 2.45) is 0 Å². The first-order chi connectivity index (χ1) is 9.34. The van der Waals surface area contributed by atoms with Gasteiger partial charge < -0.3 is 4.74 Å². The molecule has 2 atom stereocenters. The van der Waals surface area contributed by atoms with Crippen LogP contribution in [0.3, 0.4) is 0 Å². The Hall–Kier alpha value is -2.13. The van der Waals surface area contributed by atoms with Crippen molar-refractivity contribution in [2.45, 2.75) is 18.7 Å². The molecule has 96 valence electrons. The molecule has 19 heavy (non-hydrogen) atoms. The molecule has 3 rings (SSSR count). The minimum Gasteiger partial charge on any atom is -0.460 e. The van der Waals surface area contributed by atoms with Gasteiger partial charge in [0.05, 0.1) is 6.04 Å². The van der Waals surface area contributed by atoms with E-state index in [2.05, 4.69) is 5.32 Å². The van der Waals surface area contributed by atoms with Crippen molar-refractivity contribution in [2.75, 3.05) is 0 Å². The molecule has 2 aromatic rings. The van der Waals surface area contributed by atoms with E-state index in [0.29, 0.717) is 6.61 Å². The number of nitrogens with one attached hydrogen (secondary N) is 1. The van der Waals surface area contributed by atoms with E-state index < -0.39 is 0 Å². The Bertz CT molecular complexity index is 553. The van der Waals surface area contributed by atoms with Crippen LogP contribution in [0, 0.1) is 0 Å². The SMILES string of the molecule is O=C(OCc1ccccc1)C1NC1c1ccccc1. The van der Waals surface area contributed by atoms with Crippen LogP contribution in [0.25, 0.3) is 0 Å². The standard InChI is InChI=1S/C16H15NO2/c18-16(19-11-12-7-3-1-4-8-12)15-14(17-15)13-9-5-2-6-10-13/h1-10,14-15,17H,11H2. The maximum Gasteiger partial charge on any atom is 0.325 e. The molecule has 1 aliphatic heterocycles. The smallest absolute Gasteiger partial charge is 0.325 e. The van der Waals surface area contributed by atoms with Crippen molar-refractivity contribution in [3.63, 3.8) is 0 Å². The zero-order valence-electron chi connectivity index (χ0n) is 10.5. The molecule has 0 aromatic heterocycles. The number of rotatable bonds is 4. The van der Waals surface area contributed by atoms with E-state index in [1.165, 1.54) is 0 Å². The van der Waals surface area contributed by atoms with Crippen molar-refractivity contribution in [1.29, 1.82) is 0 Å². The highest BCUT2D eigenvalue weighted by atomic mass is 16.5. The molecule has 1 aliphatic rings. The van der Waals surface area contributed by atoms with E-state index >= 15 is 0 Å². The summed E-state index contributed by atoms with van der Waals surface area (Å²) in [7, 11) is 0. The first-order valence-corrected chi connectivity index (χ1v) is 6.36. The van der Waals surface area contributed by atoms with Gasteiger partial charge in [0.25, 0.3) is 0 Å². The minimum atomic E-state index is -0.203. The van der Waals surface area contributed by atoms with E-state index in [4.69, 9.17) is 4.74 Å². The van der Waals surface area contributed by atoms with Crippen molar-refractivity contribution in [3.8, 4) is 0 Å². The van der Waals surface area contributed by atoms with Crippen LogP contribution in [0.5, 0.6) is 0 Å². The summed E-state index contributed by atoms with van der Waals surface area (Å²) in [5, 5.41) is 3.15. The van der Waals surface area contributed by atoms with Crippen LogP contribution >= 0.6 is 0 Å². The molecular formula is C16H15NO2. The molecule has 1 fully saturated rings. The molecule has 3 nitrogen and oxygen atoms in total. The van der Waals surface area contributed by atoms with Crippen molar-refractivity contribution < 1.29 is 9.53 Å². The molecule has 1 heterocycles. The number of hydrogen-bond acceptors (Lipinski definition) is 3. The zero-order valence-corrected chi connectivity index (χ0v) is 10.5. The van der Waals surface area contributed by atoms with Crippen LogP contribution in [-0.2, 0) is 16.1 Å². The van der Waals surface area contributed by atoms with Crippen molar-refractivity contribution in [3.05, 3.63) is 71.8 Å². The lowest BCUT2D eigenvalue weighted by molar-refractivity contribution is -0.144. The van der Waals surface area contributed by atoms with Crippen LogP contribution in [0.2, 0.25) is 0 Å². The van der Waals surface area contributed by atoms with Gasteiger partial charge in [-0.3, -0.25) is 10.1 Å². The zero-order chi connectivity index (χ0) is 13.1. The third-order valence-electron chi connectivity index (χ3n) is 3.22. The molecule has 0 spiro atoms. The van der Waals surface area contributed by atoms with E-state index in [1.54, 1.807) is 0 Å². The summed E-state index contributed by atoms with van der Waals surface area (Å²) in [5.41, 5.74) is 2.14. The van der Waals surface area contributed by atoms with Gasteiger partial charge in [-0.15, -0.1) is 0 Å². The minimum absolute atomic E-state index is 0.101. The molecule has 0 radical (unpaired) electrons. The first kappa shape index (κ1) is 11.9. The number of esters is 1. The molecule has 0 amide bonds. The average molecular weight is 253 g/mol. The summed E-state index contributed by atoms with van der Waals surface area (Å²) in [6.07, 6.45) is 0. The van der Waals surface area contributed by atoms with Crippen LogP contribution < -0.4 is 5.32 Å². The summed E-state index contributed by atoms with van der Waals surface area (Å²) in [6, 6.07) is 19.6. The van der Waals surface area contributed by atoms with E-state index in [1.807, 2.05) is 60.7 Å². The lowest BCUT2D eigenvalue weighted by atomic mass is 10.1. The van der Waals surface area contributed by atoms with Gasteiger partial charge in [0.15, 0.2) is 0 Å². The Balaban J connectivity index is 1.53. The third kappa shape index (κ3) is 2.83. The summed E-state index contributed by atoms with van der Waals surface area (Å²) in [6.45, 7) is 0.333. The van der Waals surface area contributed by atoms with Crippen LogP contribution in [0.15, 0.2) is 60.7 Å². The number of benzene rings is 2. The molecule has 0 bridgehead atoms. The summed E-state index contributed by atoms with van der Waals surface area (Å²) < 4.78 is 5.30. The molecule has 0 aliphatic carbocycles. The summed E-state index contributed by atoms with van der Waals surface area (Å²) in [5.74, 6) is -0.183. The van der Waals surface area contributed by atoms with Gasteiger partial charge in [-0.05, 0) is 11.1 Å². The van der Waals surface area contributed by atoms with Gasteiger partial charge in [-0.1, -0.05) is 60.7 Å². The number of carbonyl (C=O) groups excluding carboxylic acids is 1. The fourth-order valence-corrected chi connectivity index (χ4v) is 2.11. The van der Waals surface area contributed by atoms with Gasteiger partial charge in [0.1, 0.15) is 12.6 Å². The Kier molecular flexibility index (Phi) is 3.29. The maximum absolute atomic E-state index is 11.9. The molecule has 3 heteroatoms. The van der Waals surface area contributed by atoms with Gasteiger partial charge in [-0.2, -0.15) is 0 Å². The second-order valence-corrected chi connectivity index (χ2v) is 4.63. The first-order valence-electron chi connectivity index (χ1n) is 6.36. The van der Waals surface area contributed by atoms with E-state index in [9.17, 15) is 4.79 Å². The third-order valence-corrected chi connectivity index (χ3v) is 3.22. The predicted octanol–water partition coefficient (Wildman–Crippen LogP) is 2.44. The van der Waals surface area contributed by atoms with Crippen LogP contribution in [-0.4, -0.2) is 12.0 Å². The fourth-order valence-electron chi connectivity index (χ4n) is 2.11. The molecular weight excluding hydrogens is 238 g/mol. The van der Waals surface area contributed by atoms with Crippen molar-refractivity contribution >= 4 is 5.97 Å². The van der Waals surface area contributed by atoms with Crippen LogP contribution in [0.1, 0.15) is 17.2 Å². The molecule has 1 saturated heterocycles. The Morgan fingerprint density at radius 1 is 1.00 bits per heavy atom. The van der Waals surface area contributed by atoms with Crippen molar-refractivity contribution in [1.82, 2.24) is 5.32 Å². The largest absolute Gasteiger partial charge is 0.460 e. The lowest BCUT2D eigenvalue weighted by Crippen LogP contribution is -2.14. The van der Waals surface area contributed by atoms with Gasteiger partial charge in [0, 0.05) is 0 Å². The second kappa shape index (κ2) is 5.24. The van der Waals surface area contributed by atoms with Gasteiger partial charge in [0.2, 0.25) is 0 Å². The van der Waals surface area contributed by atoms with E-state index in [-0.39, 0.29) is 18.1 Å². The Morgan fingerprint density at radius 2 is 1.63 bits per heavy atom. The lowest BCUT2D eigenvalue weighted by Gasteiger charge is -2.03. The number of carbonyl (C=O) groups is 1. The van der Waals surface area contributed by atoms with E-state index in [0.717, 1.165) is 11.1 Å². The topological polar surface area (TPSA) is 48.2 Å². The molecule has 2 aromatic carbocycles. The highest BCUT2D eigenvalue weighted by Gasteiger charge is 2.44. The van der Waals surface area contributed by atoms with Crippen LogP contribution in [0.4, 0.5) is 0 Å². The highest BCUT2D eigenvalue weighted by Crippen LogP contribution is 2.30. The number of hydrogen-bond donors (Lipinski definition) is 1. The summed E-state index contributed by atoms with van der Waals surface area (Å²) in [4.78, 5) is 11.9. The maximum atomic E-state index is 11.9. The Morgan fingerprint density at radius 3 is 2.32 bits per heavy atom. The quantitative estimate of drug-likeness (QED) is 0.672. The predicted molar refractivity (Wildman–Crippen MR) is 72.3 cm³/mol. The molecule has 1 N–H and O–H groups in total. The molecule has 2 unspecified atom stereocenters. The average Bonchev–Trinajstić information content (AvgIpc) is 3.27. The number of ether oxygens (including phenoxy) is 1. The van der Waals surface area contributed by atoms with Gasteiger partial charge >= 0.3 is 5.97 Å². The monoisotopic (exact) mass is 253 g/mol. The van der Waals surface area contributed by atoms with Gasteiger partial charge in [-0.25, -0.2) is 0 Å². The highest BCUT2D eigenvalue weighted by molar-refractivity contribution is 5.80. The normalized spacial score (nSPS) is 20.8. The fraction of sp³-hybridized carbons (Fsp3) is 0.188.